The lowest BCUT2D eigenvalue weighted by molar-refractivity contribution is 0.599. The van der Waals surface area contributed by atoms with Crippen LogP contribution in [0.4, 0.5) is 10.1 Å². The first-order chi connectivity index (χ1) is 9.44. The number of rotatable bonds is 4. The van der Waals surface area contributed by atoms with Gasteiger partial charge in [-0.25, -0.2) is 12.8 Å². The van der Waals surface area contributed by atoms with Crippen molar-refractivity contribution in [2.75, 3.05) is 4.72 Å². The highest BCUT2D eigenvalue weighted by Gasteiger charge is 2.17. The van der Waals surface area contributed by atoms with E-state index in [1.165, 1.54) is 24.3 Å². The molecule has 0 fully saturated rings. The zero-order chi connectivity index (χ0) is 14.8. The number of nitrogens with two attached hydrogens (primary N) is 1. The van der Waals surface area contributed by atoms with Crippen molar-refractivity contribution >= 4 is 31.6 Å². The Kier molecular flexibility index (Phi) is 4.42. The normalized spacial score (nSPS) is 11.3. The van der Waals surface area contributed by atoms with E-state index in [0.717, 1.165) is 0 Å². The molecular weight excluding hydrogens is 347 g/mol. The van der Waals surface area contributed by atoms with Crippen molar-refractivity contribution in [3.05, 3.63) is 58.3 Å². The Hall–Kier alpha value is -1.44. The van der Waals surface area contributed by atoms with Crippen LogP contribution < -0.4 is 10.5 Å². The third-order valence-electron chi connectivity index (χ3n) is 2.65. The molecule has 0 spiro atoms. The van der Waals surface area contributed by atoms with E-state index in [4.69, 9.17) is 5.73 Å². The molecule has 0 unspecified atom stereocenters. The van der Waals surface area contributed by atoms with Crippen LogP contribution in [0, 0.1) is 5.82 Å². The number of nitrogens with one attached hydrogen (secondary N) is 1. The zero-order valence-corrected chi connectivity index (χ0v) is 12.7. The SMILES string of the molecule is NCc1ccccc1S(=O)(=O)Nc1ccc(F)c(Br)c1. The molecule has 0 atom stereocenters. The summed E-state index contributed by atoms with van der Waals surface area (Å²) in [6.07, 6.45) is 0. The molecule has 7 heteroatoms. The number of sulfonamides is 1. The van der Waals surface area contributed by atoms with Gasteiger partial charge in [0.05, 0.1) is 15.1 Å². The topological polar surface area (TPSA) is 72.2 Å². The molecular formula is C13H12BrFN2O2S. The lowest BCUT2D eigenvalue weighted by Crippen LogP contribution is -2.16. The first-order valence-corrected chi connectivity index (χ1v) is 7.97. The molecule has 0 saturated heterocycles. The molecule has 3 N–H and O–H groups in total. The second-order valence-corrected chi connectivity index (χ2v) is 6.55. The van der Waals surface area contributed by atoms with Crippen LogP contribution in [0.3, 0.4) is 0 Å². The summed E-state index contributed by atoms with van der Waals surface area (Å²) in [5, 5.41) is 0. The zero-order valence-electron chi connectivity index (χ0n) is 10.3. The van der Waals surface area contributed by atoms with Gasteiger partial charge in [-0.1, -0.05) is 18.2 Å². The molecule has 2 aromatic rings. The van der Waals surface area contributed by atoms with Crippen molar-refractivity contribution in [1.82, 2.24) is 0 Å². The van der Waals surface area contributed by atoms with Crippen molar-refractivity contribution in [3.8, 4) is 0 Å². The molecule has 0 aromatic heterocycles. The molecule has 0 radical (unpaired) electrons. The van der Waals surface area contributed by atoms with E-state index in [-0.39, 0.29) is 21.6 Å². The fourth-order valence-corrected chi connectivity index (χ4v) is 3.38. The number of hydrogen-bond donors (Lipinski definition) is 2. The average Bonchev–Trinajstić information content (AvgIpc) is 2.42. The van der Waals surface area contributed by atoms with Gasteiger partial charge in [-0.05, 0) is 45.8 Å². The minimum absolute atomic E-state index is 0.114. The molecule has 0 aliphatic heterocycles. The van der Waals surface area contributed by atoms with Gasteiger partial charge in [-0.15, -0.1) is 0 Å². The summed E-state index contributed by atoms with van der Waals surface area (Å²) >= 11 is 3.01. The second-order valence-electron chi connectivity index (χ2n) is 4.05. The minimum atomic E-state index is -3.76. The quantitative estimate of drug-likeness (QED) is 0.882. The van der Waals surface area contributed by atoms with Gasteiger partial charge in [-0.2, -0.15) is 0 Å². The van der Waals surface area contributed by atoms with E-state index in [9.17, 15) is 12.8 Å². The van der Waals surface area contributed by atoms with Gasteiger partial charge < -0.3 is 5.73 Å². The number of hydrogen-bond acceptors (Lipinski definition) is 3. The second kappa shape index (κ2) is 5.90. The Morgan fingerprint density at radius 1 is 1.20 bits per heavy atom. The maximum atomic E-state index is 13.1. The maximum absolute atomic E-state index is 13.1. The van der Waals surface area contributed by atoms with Gasteiger partial charge in [0, 0.05) is 6.54 Å². The molecule has 0 aliphatic rings. The fourth-order valence-electron chi connectivity index (χ4n) is 1.70. The maximum Gasteiger partial charge on any atom is 0.262 e. The summed E-state index contributed by atoms with van der Waals surface area (Å²) in [6, 6.07) is 10.3. The van der Waals surface area contributed by atoms with Crippen LogP contribution in [0.2, 0.25) is 0 Å². The Balaban J connectivity index is 2.38. The smallest absolute Gasteiger partial charge is 0.262 e. The summed E-state index contributed by atoms with van der Waals surface area (Å²) in [4.78, 5) is 0.114. The lowest BCUT2D eigenvalue weighted by Gasteiger charge is -2.11. The molecule has 2 aromatic carbocycles. The average molecular weight is 359 g/mol. The Morgan fingerprint density at radius 2 is 1.90 bits per heavy atom. The Bertz CT molecular complexity index is 735. The predicted octanol–water partition coefficient (Wildman–Crippen LogP) is 2.85. The molecule has 0 amide bonds. The first kappa shape index (κ1) is 15.0. The summed E-state index contributed by atoms with van der Waals surface area (Å²) in [5.74, 6) is -0.463. The number of benzene rings is 2. The van der Waals surface area contributed by atoms with Crippen molar-refractivity contribution in [2.45, 2.75) is 11.4 Å². The van der Waals surface area contributed by atoms with Gasteiger partial charge in [0.15, 0.2) is 0 Å². The first-order valence-electron chi connectivity index (χ1n) is 5.70. The van der Waals surface area contributed by atoms with Crippen LogP contribution in [0.5, 0.6) is 0 Å². The molecule has 106 valence electrons. The highest BCUT2D eigenvalue weighted by Crippen LogP contribution is 2.23. The van der Waals surface area contributed by atoms with E-state index < -0.39 is 15.8 Å². The van der Waals surface area contributed by atoms with Crippen LogP contribution in [0.15, 0.2) is 51.8 Å². The molecule has 0 bridgehead atoms. The summed E-state index contributed by atoms with van der Waals surface area (Å²) in [7, 11) is -3.76. The highest BCUT2D eigenvalue weighted by molar-refractivity contribution is 9.10. The summed E-state index contributed by atoms with van der Waals surface area (Å²) in [5.41, 5.74) is 6.32. The summed E-state index contributed by atoms with van der Waals surface area (Å²) in [6.45, 7) is 0.115. The standard InChI is InChI=1S/C13H12BrFN2O2S/c14-11-7-10(5-6-12(11)15)17-20(18,19)13-4-2-1-3-9(13)8-16/h1-7,17H,8,16H2. The highest BCUT2D eigenvalue weighted by atomic mass is 79.9. The third-order valence-corrected chi connectivity index (χ3v) is 4.74. The Labute approximate surface area is 125 Å². The fraction of sp³-hybridized carbons (Fsp3) is 0.0769. The van der Waals surface area contributed by atoms with Gasteiger partial charge in [0.1, 0.15) is 5.82 Å². The number of halogens is 2. The van der Waals surface area contributed by atoms with Crippen molar-refractivity contribution in [3.63, 3.8) is 0 Å². The van der Waals surface area contributed by atoms with Crippen molar-refractivity contribution in [1.29, 1.82) is 0 Å². The van der Waals surface area contributed by atoms with E-state index in [0.29, 0.717) is 5.56 Å². The van der Waals surface area contributed by atoms with Crippen LogP contribution >= 0.6 is 15.9 Å². The molecule has 2 rings (SSSR count). The van der Waals surface area contributed by atoms with Crippen molar-refractivity contribution in [2.24, 2.45) is 5.73 Å². The van der Waals surface area contributed by atoms with E-state index in [2.05, 4.69) is 20.7 Å². The minimum Gasteiger partial charge on any atom is -0.326 e. The predicted molar refractivity (Wildman–Crippen MR) is 79.2 cm³/mol. The molecule has 4 nitrogen and oxygen atoms in total. The van der Waals surface area contributed by atoms with E-state index >= 15 is 0 Å². The van der Waals surface area contributed by atoms with Crippen molar-refractivity contribution < 1.29 is 12.8 Å². The van der Waals surface area contributed by atoms with Crippen LogP contribution in [0.1, 0.15) is 5.56 Å². The van der Waals surface area contributed by atoms with E-state index in [1.54, 1.807) is 18.2 Å². The molecule has 20 heavy (non-hydrogen) atoms. The van der Waals surface area contributed by atoms with Crippen LogP contribution in [-0.2, 0) is 16.6 Å². The lowest BCUT2D eigenvalue weighted by atomic mass is 10.2. The van der Waals surface area contributed by atoms with Crippen LogP contribution in [0.25, 0.3) is 0 Å². The molecule has 0 aliphatic carbocycles. The van der Waals surface area contributed by atoms with Gasteiger partial charge >= 0.3 is 0 Å². The van der Waals surface area contributed by atoms with Crippen LogP contribution in [-0.4, -0.2) is 8.42 Å². The number of anilines is 1. The van der Waals surface area contributed by atoms with Gasteiger partial charge in [-0.3, -0.25) is 4.72 Å². The van der Waals surface area contributed by atoms with Gasteiger partial charge in [0.25, 0.3) is 10.0 Å². The summed E-state index contributed by atoms with van der Waals surface area (Å²) < 4.78 is 40.3. The largest absolute Gasteiger partial charge is 0.326 e. The molecule has 0 heterocycles. The third kappa shape index (κ3) is 3.17. The molecule has 0 saturated carbocycles. The Morgan fingerprint density at radius 3 is 2.55 bits per heavy atom. The van der Waals surface area contributed by atoms with E-state index in [1.807, 2.05) is 0 Å². The monoisotopic (exact) mass is 358 g/mol. The van der Waals surface area contributed by atoms with Gasteiger partial charge in [0.2, 0.25) is 0 Å².